The number of aryl methyl sites for hydroxylation is 2. The van der Waals surface area contributed by atoms with Crippen molar-refractivity contribution in [2.24, 2.45) is 0 Å². The van der Waals surface area contributed by atoms with Gasteiger partial charge in [-0.3, -0.25) is 4.79 Å². The predicted octanol–water partition coefficient (Wildman–Crippen LogP) is 4.44. The van der Waals surface area contributed by atoms with Crippen molar-refractivity contribution >= 4 is 21.6 Å². The van der Waals surface area contributed by atoms with Crippen LogP contribution in [0.15, 0.2) is 71.6 Å². The minimum absolute atomic E-state index is 0.0613. The van der Waals surface area contributed by atoms with Crippen LogP contribution in [0.25, 0.3) is 0 Å². The average Bonchev–Trinajstić information content (AvgIpc) is 3.01. The lowest BCUT2D eigenvalue weighted by molar-refractivity contribution is -0.116. The number of sulfonamides is 1. The Hall–Kier alpha value is -3.16. The molecule has 0 unspecified atom stereocenters. The van der Waals surface area contributed by atoms with E-state index in [2.05, 4.69) is 0 Å². The molecule has 6 nitrogen and oxygen atoms in total. The van der Waals surface area contributed by atoms with Gasteiger partial charge in [-0.05, 0) is 55.3 Å². The van der Waals surface area contributed by atoms with Gasteiger partial charge in [0.1, 0.15) is 12.4 Å². The molecule has 0 radical (unpaired) electrons. The Bertz CT molecular complexity index is 1270. The van der Waals surface area contributed by atoms with Crippen LogP contribution in [0.2, 0.25) is 0 Å². The molecule has 0 aromatic heterocycles. The molecule has 0 atom stereocenters. The van der Waals surface area contributed by atoms with E-state index in [1.807, 2.05) is 55.5 Å². The number of hydrogen-bond donors (Lipinski definition) is 0. The number of hydrogen-bond acceptors (Lipinski definition) is 4. The summed E-state index contributed by atoms with van der Waals surface area (Å²) in [5.41, 5.74) is 4.35. The number of ether oxygens (including phenoxy) is 1. The molecule has 0 saturated heterocycles. The fraction of sp³-hybridized carbons (Fsp3) is 0.269. The lowest BCUT2D eigenvalue weighted by Crippen LogP contribution is -2.33. The molecule has 3 aromatic rings. The van der Waals surface area contributed by atoms with Crippen molar-refractivity contribution in [2.75, 3.05) is 18.1 Å². The van der Waals surface area contributed by atoms with E-state index in [9.17, 15) is 13.2 Å². The highest BCUT2D eigenvalue weighted by molar-refractivity contribution is 7.89. The van der Waals surface area contributed by atoms with Gasteiger partial charge in [0.15, 0.2) is 0 Å². The van der Waals surface area contributed by atoms with Gasteiger partial charge in [-0.2, -0.15) is 4.31 Å². The van der Waals surface area contributed by atoms with Crippen molar-refractivity contribution in [3.8, 4) is 5.75 Å². The van der Waals surface area contributed by atoms with E-state index in [0.29, 0.717) is 22.8 Å². The maximum Gasteiger partial charge on any atom is 0.243 e. The Labute approximate surface area is 195 Å². The van der Waals surface area contributed by atoms with Crippen molar-refractivity contribution < 1.29 is 17.9 Å². The highest BCUT2D eigenvalue weighted by Crippen LogP contribution is 2.29. The number of rotatable bonds is 5. The minimum atomic E-state index is -3.67. The molecule has 33 heavy (non-hydrogen) atoms. The maximum atomic E-state index is 13.4. The molecule has 1 heterocycles. The van der Waals surface area contributed by atoms with Gasteiger partial charge in [0.05, 0.1) is 11.4 Å². The molecule has 7 heteroatoms. The lowest BCUT2D eigenvalue weighted by atomic mass is 10.1. The highest BCUT2D eigenvalue weighted by Gasteiger charge is 2.29. The quantitative estimate of drug-likeness (QED) is 0.560. The normalized spacial score (nSPS) is 14.2. The summed E-state index contributed by atoms with van der Waals surface area (Å²) >= 11 is 0. The number of carbonyl (C=O) groups is 1. The Morgan fingerprint density at radius 1 is 1.03 bits per heavy atom. The van der Waals surface area contributed by atoms with E-state index in [0.717, 1.165) is 22.4 Å². The van der Waals surface area contributed by atoms with Crippen molar-refractivity contribution in [1.29, 1.82) is 0 Å². The fourth-order valence-electron chi connectivity index (χ4n) is 4.00. The molecular formula is C26H28N2O4S. The SMILES string of the molecule is CC(=O)N(Cc1ccc2c(c1)CN(S(=O)(=O)c1ccccc1C)CCO2)c1ccc(C)cc1. The second kappa shape index (κ2) is 9.37. The molecule has 4 rings (SSSR count). The van der Waals surface area contributed by atoms with Crippen LogP contribution in [0.1, 0.15) is 29.2 Å². The first-order valence-electron chi connectivity index (χ1n) is 10.9. The third-order valence-corrected chi connectivity index (χ3v) is 7.85. The molecule has 0 fully saturated rings. The maximum absolute atomic E-state index is 13.4. The van der Waals surface area contributed by atoms with Crippen LogP contribution in [-0.4, -0.2) is 31.8 Å². The summed E-state index contributed by atoms with van der Waals surface area (Å²) in [4.78, 5) is 14.4. The smallest absolute Gasteiger partial charge is 0.243 e. The topological polar surface area (TPSA) is 66.9 Å². The van der Waals surface area contributed by atoms with Crippen molar-refractivity contribution in [3.05, 3.63) is 89.0 Å². The van der Waals surface area contributed by atoms with Gasteiger partial charge in [0, 0.05) is 31.3 Å². The number of fused-ring (bicyclic) bond motifs is 1. The van der Waals surface area contributed by atoms with Crippen LogP contribution in [0, 0.1) is 13.8 Å². The molecule has 0 spiro atoms. The van der Waals surface area contributed by atoms with Gasteiger partial charge < -0.3 is 9.64 Å². The summed E-state index contributed by atoms with van der Waals surface area (Å²) in [6, 6.07) is 20.5. The van der Waals surface area contributed by atoms with Gasteiger partial charge in [-0.25, -0.2) is 8.42 Å². The van der Waals surface area contributed by atoms with Crippen LogP contribution in [-0.2, 0) is 27.9 Å². The summed E-state index contributed by atoms with van der Waals surface area (Å²) in [6.45, 7) is 6.49. The molecular weight excluding hydrogens is 436 g/mol. The largest absolute Gasteiger partial charge is 0.492 e. The third kappa shape index (κ3) is 4.94. The first-order valence-corrected chi connectivity index (χ1v) is 12.3. The van der Waals surface area contributed by atoms with E-state index in [1.165, 1.54) is 4.31 Å². The van der Waals surface area contributed by atoms with Gasteiger partial charge >= 0.3 is 0 Å². The Morgan fingerprint density at radius 2 is 1.76 bits per heavy atom. The van der Waals surface area contributed by atoms with E-state index in [1.54, 1.807) is 36.9 Å². The molecule has 0 bridgehead atoms. The summed E-state index contributed by atoms with van der Waals surface area (Å²) in [5, 5.41) is 0. The van der Waals surface area contributed by atoms with E-state index in [4.69, 9.17) is 4.74 Å². The van der Waals surface area contributed by atoms with Crippen molar-refractivity contribution in [1.82, 2.24) is 4.31 Å². The zero-order valence-electron chi connectivity index (χ0n) is 19.1. The van der Waals surface area contributed by atoms with E-state index < -0.39 is 10.0 Å². The molecule has 1 aliphatic heterocycles. The van der Waals surface area contributed by atoms with Crippen LogP contribution >= 0.6 is 0 Å². The second-order valence-electron chi connectivity index (χ2n) is 8.34. The number of benzene rings is 3. The molecule has 1 amide bonds. The Morgan fingerprint density at radius 3 is 2.45 bits per heavy atom. The number of nitrogens with zero attached hydrogens (tertiary/aromatic N) is 2. The zero-order chi connectivity index (χ0) is 23.6. The molecule has 0 N–H and O–H groups in total. The van der Waals surface area contributed by atoms with Crippen LogP contribution in [0.3, 0.4) is 0 Å². The van der Waals surface area contributed by atoms with Gasteiger partial charge in [-0.1, -0.05) is 42.0 Å². The summed E-state index contributed by atoms with van der Waals surface area (Å²) in [6.07, 6.45) is 0. The minimum Gasteiger partial charge on any atom is -0.492 e. The molecule has 3 aromatic carbocycles. The van der Waals surface area contributed by atoms with E-state index in [-0.39, 0.29) is 25.6 Å². The highest BCUT2D eigenvalue weighted by atomic mass is 32.2. The molecule has 0 aliphatic carbocycles. The van der Waals surface area contributed by atoms with Gasteiger partial charge in [-0.15, -0.1) is 0 Å². The number of amides is 1. The monoisotopic (exact) mass is 464 g/mol. The molecule has 172 valence electrons. The standard InChI is InChI=1S/C26H28N2O4S/c1-19-8-11-24(12-9-19)28(21(3)29)17-22-10-13-25-23(16-22)18-27(14-15-32-25)33(30,31)26-7-5-4-6-20(26)2/h4-13,16H,14-15,17-18H2,1-3H3. The van der Waals surface area contributed by atoms with E-state index >= 15 is 0 Å². The first-order chi connectivity index (χ1) is 15.8. The second-order valence-corrected chi connectivity index (χ2v) is 10.2. The molecule has 1 aliphatic rings. The molecule has 0 saturated carbocycles. The first kappa shape index (κ1) is 23.0. The fourth-order valence-corrected chi connectivity index (χ4v) is 5.63. The van der Waals surface area contributed by atoms with Gasteiger partial charge in [0.25, 0.3) is 0 Å². The Balaban J connectivity index is 1.62. The summed E-state index contributed by atoms with van der Waals surface area (Å²) in [7, 11) is -3.67. The van der Waals surface area contributed by atoms with Crippen molar-refractivity contribution in [2.45, 2.75) is 38.8 Å². The van der Waals surface area contributed by atoms with Crippen molar-refractivity contribution in [3.63, 3.8) is 0 Å². The summed E-state index contributed by atoms with van der Waals surface area (Å²) < 4.78 is 34.0. The number of anilines is 1. The van der Waals surface area contributed by atoms with Crippen LogP contribution in [0.4, 0.5) is 5.69 Å². The number of carbonyl (C=O) groups excluding carboxylic acids is 1. The summed E-state index contributed by atoms with van der Waals surface area (Å²) in [5.74, 6) is 0.611. The Kier molecular flexibility index (Phi) is 6.54. The zero-order valence-corrected chi connectivity index (χ0v) is 19.9. The lowest BCUT2D eigenvalue weighted by Gasteiger charge is -2.23. The van der Waals surface area contributed by atoms with Crippen LogP contribution in [0.5, 0.6) is 5.75 Å². The average molecular weight is 465 g/mol. The van der Waals surface area contributed by atoms with Crippen LogP contribution < -0.4 is 9.64 Å². The predicted molar refractivity (Wildman–Crippen MR) is 129 cm³/mol. The van der Waals surface area contributed by atoms with Gasteiger partial charge in [0.2, 0.25) is 15.9 Å². The third-order valence-electron chi connectivity index (χ3n) is 5.85.